The number of carbonyl (C=O) groups excluding carboxylic acids is 1. The fraction of sp³-hybridized carbons (Fsp3) is 0.118. The van der Waals surface area contributed by atoms with Crippen LogP contribution in [0.1, 0.15) is 15.9 Å². The van der Waals surface area contributed by atoms with Crippen LogP contribution < -0.4 is 4.90 Å². The Hall–Kier alpha value is -2.55. The number of nitrogens with zero attached hydrogens (tertiary/aromatic N) is 1. The maximum atomic E-state index is 12.5. The van der Waals surface area contributed by atoms with Crippen molar-refractivity contribution in [3.63, 3.8) is 0 Å². The summed E-state index contributed by atoms with van der Waals surface area (Å²) in [5, 5.41) is 0.856. The molecule has 0 aliphatic carbocycles. The molecule has 3 rings (SSSR count). The van der Waals surface area contributed by atoms with E-state index in [0.29, 0.717) is 11.1 Å². The van der Waals surface area contributed by atoms with Gasteiger partial charge in [-0.2, -0.15) is 0 Å². The highest BCUT2D eigenvalue weighted by Gasteiger charge is 2.15. The standard InChI is InChI=1S/C17H15NO2/c1-18(2)13-9-7-12(8-10-13)17(19)15-11-20-16-6-4-3-5-14(15)16/h3-11H,1-2H3. The molecule has 0 atom stereocenters. The summed E-state index contributed by atoms with van der Waals surface area (Å²) >= 11 is 0. The van der Waals surface area contributed by atoms with Crippen LogP contribution in [0.5, 0.6) is 0 Å². The highest BCUT2D eigenvalue weighted by molar-refractivity contribution is 6.15. The predicted molar refractivity (Wildman–Crippen MR) is 80.4 cm³/mol. The van der Waals surface area contributed by atoms with E-state index >= 15 is 0 Å². The molecule has 0 saturated carbocycles. The van der Waals surface area contributed by atoms with Crippen molar-refractivity contribution >= 4 is 22.4 Å². The summed E-state index contributed by atoms with van der Waals surface area (Å²) in [7, 11) is 3.95. The van der Waals surface area contributed by atoms with Gasteiger partial charge in [-0.25, -0.2) is 0 Å². The SMILES string of the molecule is CN(C)c1ccc(C(=O)c2coc3ccccc23)cc1. The fourth-order valence-corrected chi connectivity index (χ4v) is 2.22. The van der Waals surface area contributed by atoms with Crippen LogP contribution in [0.2, 0.25) is 0 Å². The maximum absolute atomic E-state index is 12.5. The van der Waals surface area contributed by atoms with Gasteiger partial charge in [0, 0.05) is 30.7 Å². The second kappa shape index (κ2) is 4.85. The summed E-state index contributed by atoms with van der Waals surface area (Å²) in [5.41, 5.74) is 3.08. The molecule has 0 aliphatic heterocycles. The Morgan fingerprint density at radius 2 is 1.70 bits per heavy atom. The second-order valence-electron chi connectivity index (χ2n) is 4.92. The lowest BCUT2D eigenvalue weighted by Gasteiger charge is -2.12. The van der Waals surface area contributed by atoms with Crippen LogP contribution in [-0.4, -0.2) is 19.9 Å². The van der Waals surface area contributed by atoms with Gasteiger partial charge in [0.15, 0.2) is 5.78 Å². The Morgan fingerprint density at radius 1 is 1.00 bits per heavy atom. The third-order valence-electron chi connectivity index (χ3n) is 3.37. The topological polar surface area (TPSA) is 33.5 Å². The summed E-state index contributed by atoms with van der Waals surface area (Å²) in [4.78, 5) is 14.5. The number of fused-ring (bicyclic) bond motifs is 1. The second-order valence-corrected chi connectivity index (χ2v) is 4.92. The molecule has 0 fully saturated rings. The molecular formula is C17H15NO2. The number of furan rings is 1. The first-order chi connectivity index (χ1) is 9.66. The molecule has 0 aliphatic rings. The molecule has 1 heterocycles. The van der Waals surface area contributed by atoms with E-state index in [2.05, 4.69) is 0 Å². The van der Waals surface area contributed by atoms with Gasteiger partial charge in [-0.1, -0.05) is 18.2 Å². The summed E-state index contributed by atoms with van der Waals surface area (Å²) in [6.45, 7) is 0. The minimum Gasteiger partial charge on any atom is -0.464 e. The summed E-state index contributed by atoms with van der Waals surface area (Å²) in [6.07, 6.45) is 1.53. The zero-order valence-electron chi connectivity index (χ0n) is 11.5. The van der Waals surface area contributed by atoms with E-state index in [1.54, 1.807) is 0 Å². The third kappa shape index (κ3) is 2.07. The molecule has 0 bridgehead atoms. The molecular weight excluding hydrogens is 250 g/mol. The van der Waals surface area contributed by atoms with Gasteiger partial charge in [0.05, 0.1) is 5.56 Å². The first-order valence-corrected chi connectivity index (χ1v) is 6.45. The predicted octanol–water partition coefficient (Wildman–Crippen LogP) is 3.73. The fourth-order valence-electron chi connectivity index (χ4n) is 2.22. The number of para-hydroxylation sites is 1. The van der Waals surface area contributed by atoms with Gasteiger partial charge in [-0.05, 0) is 30.3 Å². The smallest absolute Gasteiger partial charge is 0.196 e. The van der Waals surface area contributed by atoms with E-state index in [0.717, 1.165) is 16.7 Å². The normalized spacial score (nSPS) is 10.7. The van der Waals surface area contributed by atoms with Gasteiger partial charge in [0.25, 0.3) is 0 Å². The van der Waals surface area contributed by atoms with Crippen molar-refractivity contribution in [3.8, 4) is 0 Å². The summed E-state index contributed by atoms with van der Waals surface area (Å²) < 4.78 is 5.42. The molecule has 3 nitrogen and oxygen atoms in total. The number of hydrogen-bond donors (Lipinski definition) is 0. The Bertz CT molecular complexity index is 754. The first kappa shape index (κ1) is 12.5. The maximum Gasteiger partial charge on any atom is 0.196 e. The largest absolute Gasteiger partial charge is 0.464 e. The molecule has 0 radical (unpaired) electrons. The number of carbonyl (C=O) groups is 1. The molecule has 2 aromatic carbocycles. The molecule has 20 heavy (non-hydrogen) atoms. The van der Waals surface area contributed by atoms with Crippen molar-refractivity contribution in [2.45, 2.75) is 0 Å². The molecule has 0 spiro atoms. The monoisotopic (exact) mass is 265 g/mol. The van der Waals surface area contributed by atoms with E-state index in [1.165, 1.54) is 6.26 Å². The van der Waals surface area contributed by atoms with Crippen molar-refractivity contribution in [2.24, 2.45) is 0 Å². The van der Waals surface area contributed by atoms with Gasteiger partial charge >= 0.3 is 0 Å². The van der Waals surface area contributed by atoms with Crippen LogP contribution in [-0.2, 0) is 0 Å². The van der Waals surface area contributed by atoms with Crippen molar-refractivity contribution in [2.75, 3.05) is 19.0 Å². The molecule has 3 aromatic rings. The number of benzene rings is 2. The highest BCUT2D eigenvalue weighted by Crippen LogP contribution is 2.24. The lowest BCUT2D eigenvalue weighted by molar-refractivity contribution is 0.103. The van der Waals surface area contributed by atoms with Gasteiger partial charge in [-0.15, -0.1) is 0 Å². The number of hydrogen-bond acceptors (Lipinski definition) is 3. The van der Waals surface area contributed by atoms with Crippen molar-refractivity contribution in [1.29, 1.82) is 0 Å². The van der Waals surface area contributed by atoms with Gasteiger partial charge in [0.1, 0.15) is 11.8 Å². The Kier molecular flexibility index (Phi) is 3.03. The minimum absolute atomic E-state index is 0.0137. The van der Waals surface area contributed by atoms with E-state index in [9.17, 15) is 4.79 Å². The van der Waals surface area contributed by atoms with E-state index in [-0.39, 0.29) is 5.78 Å². The van der Waals surface area contributed by atoms with E-state index < -0.39 is 0 Å². The highest BCUT2D eigenvalue weighted by atomic mass is 16.3. The first-order valence-electron chi connectivity index (χ1n) is 6.45. The van der Waals surface area contributed by atoms with Crippen LogP contribution >= 0.6 is 0 Å². The van der Waals surface area contributed by atoms with Crippen LogP contribution in [0.4, 0.5) is 5.69 Å². The van der Waals surface area contributed by atoms with Crippen LogP contribution in [0.3, 0.4) is 0 Å². The lowest BCUT2D eigenvalue weighted by Crippen LogP contribution is -2.09. The Balaban J connectivity index is 2.00. The van der Waals surface area contributed by atoms with Crippen molar-refractivity contribution < 1.29 is 9.21 Å². The average Bonchev–Trinajstić information content (AvgIpc) is 2.90. The van der Waals surface area contributed by atoms with Crippen molar-refractivity contribution in [3.05, 3.63) is 65.9 Å². The van der Waals surface area contributed by atoms with Crippen LogP contribution in [0, 0.1) is 0 Å². The molecule has 0 unspecified atom stereocenters. The number of anilines is 1. The van der Waals surface area contributed by atoms with E-state index in [4.69, 9.17) is 4.42 Å². The number of ketones is 1. The van der Waals surface area contributed by atoms with Crippen LogP contribution in [0.25, 0.3) is 11.0 Å². The molecule has 0 saturated heterocycles. The summed E-state index contributed by atoms with van der Waals surface area (Å²) in [6, 6.07) is 15.1. The Labute approximate surface area is 117 Å². The average molecular weight is 265 g/mol. The molecule has 3 heteroatoms. The minimum atomic E-state index is -0.0137. The molecule has 100 valence electrons. The van der Waals surface area contributed by atoms with Crippen LogP contribution in [0.15, 0.2) is 59.2 Å². The lowest BCUT2D eigenvalue weighted by atomic mass is 10.0. The van der Waals surface area contributed by atoms with Gasteiger partial charge in [-0.3, -0.25) is 4.79 Å². The molecule has 0 N–H and O–H groups in total. The quantitative estimate of drug-likeness (QED) is 0.676. The third-order valence-corrected chi connectivity index (χ3v) is 3.37. The van der Waals surface area contributed by atoms with Crippen molar-refractivity contribution in [1.82, 2.24) is 0 Å². The summed E-state index contributed by atoms with van der Waals surface area (Å²) in [5.74, 6) is -0.0137. The zero-order valence-corrected chi connectivity index (χ0v) is 11.5. The Morgan fingerprint density at radius 3 is 2.40 bits per heavy atom. The van der Waals surface area contributed by atoms with Gasteiger partial charge < -0.3 is 9.32 Å². The van der Waals surface area contributed by atoms with E-state index in [1.807, 2.05) is 67.5 Å². The molecule has 1 aromatic heterocycles. The number of rotatable bonds is 3. The zero-order chi connectivity index (χ0) is 14.1. The molecule has 0 amide bonds. The van der Waals surface area contributed by atoms with Gasteiger partial charge in [0.2, 0.25) is 0 Å².